The van der Waals surface area contributed by atoms with E-state index in [2.05, 4.69) is 17.1 Å². The predicted octanol–water partition coefficient (Wildman–Crippen LogP) is 2.18. The largest absolute Gasteiger partial charge is 0.484 e. The van der Waals surface area contributed by atoms with Gasteiger partial charge in [-0.25, -0.2) is 0 Å². The molecule has 1 atom stereocenters. The van der Waals surface area contributed by atoms with E-state index in [1.807, 2.05) is 13.8 Å². The van der Waals surface area contributed by atoms with E-state index in [4.69, 9.17) is 4.74 Å². The molecule has 6 nitrogen and oxygen atoms in total. The van der Waals surface area contributed by atoms with Gasteiger partial charge in [0.15, 0.2) is 5.75 Å². The highest BCUT2D eigenvalue weighted by Crippen LogP contribution is 2.32. The zero-order chi connectivity index (χ0) is 14.7. The zero-order valence-corrected chi connectivity index (χ0v) is 12.1. The molecule has 110 valence electrons. The summed E-state index contributed by atoms with van der Waals surface area (Å²) in [4.78, 5) is 12.9. The summed E-state index contributed by atoms with van der Waals surface area (Å²) in [5.74, 6) is 0.341. The van der Waals surface area contributed by atoms with Crippen LogP contribution in [0.1, 0.15) is 20.8 Å². The highest BCUT2D eigenvalue weighted by Gasteiger charge is 2.21. The van der Waals surface area contributed by atoms with Crippen LogP contribution in [0, 0.1) is 10.1 Å². The van der Waals surface area contributed by atoms with Gasteiger partial charge in [0.25, 0.3) is 0 Å². The summed E-state index contributed by atoms with van der Waals surface area (Å²) in [6.45, 7) is 8.55. The maximum atomic E-state index is 11.0. The standard InChI is InChI=1S/C14H21N3O3/c1-10(2)20-14-8-12(4-5-13(14)17(18)19)16-7-6-15-11(3)9-16/h4-5,8,10-11,15H,6-7,9H2,1-3H3. The van der Waals surface area contributed by atoms with E-state index in [1.165, 1.54) is 6.07 Å². The van der Waals surface area contributed by atoms with Crippen LogP contribution in [0.2, 0.25) is 0 Å². The second-order valence-electron chi connectivity index (χ2n) is 5.38. The number of nitro groups is 1. The van der Waals surface area contributed by atoms with Crippen LogP contribution in [0.15, 0.2) is 18.2 Å². The Labute approximate surface area is 118 Å². The quantitative estimate of drug-likeness (QED) is 0.676. The summed E-state index contributed by atoms with van der Waals surface area (Å²) in [5, 5.41) is 14.4. The van der Waals surface area contributed by atoms with Crippen LogP contribution < -0.4 is 15.0 Å². The third-order valence-electron chi connectivity index (χ3n) is 3.24. The van der Waals surface area contributed by atoms with Crippen molar-refractivity contribution >= 4 is 11.4 Å². The number of anilines is 1. The first-order valence-corrected chi connectivity index (χ1v) is 6.91. The van der Waals surface area contributed by atoms with Gasteiger partial charge in [-0.3, -0.25) is 10.1 Å². The maximum absolute atomic E-state index is 11.0. The molecule has 0 aromatic heterocycles. The van der Waals surface area contributed by atoms with Crippen molar-refractivity contribution in [2.45, 2.75) is 32.9 Å². The van der Waals surface area contributed by atoms with Crippen molar-refractivity contribution in [3.63, 3.8) is 0 Å². The molecule has 1 aromatic carbocycles. The Morgan fingerprint density at radius 1 is 1.50 bits per heavy atom. The first-order chi connectivity index (χ1) is 9.47. The lowest BCUT2D eigenvalue weighted by atomic mass is 10.2. The third kappa shape index (κ3) is 3.39. The van der Waals surface area contributed by atoms with Gasteiger partial charge in [-0.1, -0.05) is 0 Å². The fraction of sp³-hybridized carbons (Fsp3) is 0.571. The Hall–Kier alpha value is -1.82. The SMILES string of the molecule is CC1CN(c2ccc([N+](=O)[O-])c(OC(C)C)c2)CCN1. The van der Waals surface area contributed by atoms with Crippen molar-refractivity contribution in [3.8, 4) is 5.75 Å². The van der Waals surface area contributed by atoms with Gasteiger partial charge in [0, 0.05) is 43.5 Å². The highest BCUT2D eigenvalue weighted by molar-refractivity contribution is 5.59. The number of hydrogen-bond acceptors (Lipinski definition) is 5. The molecule has 1 fully saturated rings. The molecule has 0 spiro atoms. The number of ether oxygens (including phenoxy) is 1. The summed E-state index contributed by atoms with van der Waals surface area (Å²) >= 11 is 0. The molecule has 1 unspecified atom stereocenters. The average molecular weight is 279 g/mol. The Bertz CT molecular complexity index is 491. The van der Waals surface area contributed by atoms with Crippen molar-refractivity contribution in [1.29, 1.82) is 0 Å². The number of piperazine rings is 1. The lowest BCUT2D eigenvalue weighted by Gasteiger charge is -2.33. The van der Waals surface area contributed by atoms with Crippen molar-refractivity contribution in [2.75, 3.05) is 24.5 Å². The molecule has 0 saturated carbocycles. The van der Waals surface area contributed by atoms with Gasteiger partial charge in [-0.15, -0.1) is 0 Å². The topological polar surface area (TPSA) is 67.6 Å². The van der Waals surface area contributed by atoms with Gasteiger partial charge in [-0.05, 0) is 26.8 Å². The summed E-state index contributed by atoms with van der Waals surface area (Å²) in [6.07, 6.45) is -0.0918. The Kier molecular flexibility index (Phi) is 4.44. The first-order valence-electron chi connectivity index (χ1n) is 6.91. The molecule has 1 aliphatic heterocycles. The average Bonchev–Trinajstić information content (AvgIpc) is 2.37. The molecule has 0 aliphatic carbocycles. The number of nitro benzene ring substituents is 1. The molecular weight excluding hydrogens is 258 g/mol. The smallest absolute Gasteiger partial charge is 0.311 e. The van der Waals surface area contributed by atoms with Crippen molar-refractivity contribution in [3.05, 3.63) is 28.3 Å². The lowest BCUT2D eigenvalue weighted by molar-refractivity contribution is -0.386. The van der Waals surface area contributed by atoms with Crippen LogP contribution in [0.5, 0.6) is 5.75 Å². The van der Waals surface area contributed by atoms with E-state index in [-0.39, 0.29) is 11.8 Å². The molecule has 1 heterocycles. The molecule has 2 rings (SSSR count). The second kappa shape index (κ2) is 6.09. The van der Waals surface area contributed by atoms with Gasteiger partial charge in [-0.2, -0.15) is 0 Å². The molecule has 0 amide bonds. The molecule has 6 heteroatoms. The van der Waals surface area contributed by atoms with E-state index in [1.54, 1.807) is 12.1 Å². The molecule has 1 aliphatic rings. The maximum Gasteiger partial charge on any atom is 0.311 e. The van der Waals surface area contributed by atoms with Crippen LogP contribution in [0.4, 0.5) is 11.4 Å². The minimum Gasteiger partial charge on any atom is -0.484 e. The van der Waals surface area contributed by atoms with Crippen LogP contribution >= 0.6 is 0 Å². The molecule has 0 bridgehead atoms. The molecular formula is C14H21N3O3. The van der Waals surface area contributed by atoms with E-state index in [9.17, 15) is 10.1 Å². The number of rotatable bonds is 4. The second-order valence-corrected chi connectivity index (χ2v) is 5.38. The Morgan fingerprint density at radius 2 is 2.25 bits per heavy atom. The van der Waals surface area contributed by atoms with Gasteiger partial charge in [0.05, 0.1) is 11.0 Å². The predicted molar refractivity (Wildman–Crippen MR) is 78.5 cm³/mol. The minimum atomic E-state index is -0.401. The lowest BCUT2D eigenvalue weighted by Crippen LogP contribution is -2.49. The monoisotopic (exact) mass is 279 g/mol. The van der Waals surface area contributed by atoms with E-state index < -0.39 is 4.92 Å². The van der Waals surface area contributed by atoms with Crippen LogP contribution in [-0.2, 0) is 0 Å². The molecule has 1 saturated heterocycles. The summed E-state index contributed by atoms with van der Waals surface area (Å²) in [6, 6.07) is 5.51. The van der Waals surface area contributed by atoms with E-state index in [0.29, 0.717) is 11.8 Å². The van der Waals surface area contributed by atoms with Crippen LogP contribution in [0.3, 0.4) is 0 Å². The van der Waals surface area contributed by atoms with Crippen molar-refractivity contribution < 1.29 is 9.66 Å². The summed E-state index contributed by atoms with van der Waals surface area (Å²) < 4.78 is 5.58. The van der Waals surface area contributed by atoms with E-state index in [0.717, 1.165) is 25.3 Å². The number of hydrogen-bond donors (Lipinski definition) is 1. The highest BCUT2D eigenvalue weighted by atomic mass is 16.6. The van der Waals surface area contributed by atoms with E-state index >= 15 is 0 Å². The van der Waals surface area contributed by atoms with Crippen molar-refractivity contribution in [2.24, 2.45) is 0 Å². The molecule has 1 N–H and O–H groups in total. The number of benzene rings is 1. The van der Waals surface area contributed by atoms with Gasteiger partial charge >= 0.3 is 5.69 Å². The number of nitrogens with one attached hydrogen (secondary N) is 1. The van der Waals surface area contributed by atoms with Crippen LogP contribution in [-0.4, -0.2) is 36.7 Å². The molecule has 20 heavy (non-hydrogen) atoms. The minimum absolute atomic E-state index is 0.0191. The normalized spacial score (nSPS) is 19.2. The van der Waals surface area contributed by atoms with Gasteiger partial charge < -0.3 is 15.0 Å². The molecule has 0 radical (unpaired) electrons. The number of nitrogens with zero attached hydrogens (tertiary/aromatic N) is 2. The fourth-order valence-electron chi connectivity index (χ4n) is 2.37. The summed E-state index contributed by atoms with van der Waals surface area (Å²) in [5.41, 5.74) is 0.991. The third-order valence-corrected chi connectivity index (χ3v) is 3.24. The Balaban J connectivity index is 2.28. The summed E-state index contributed by atoms with van der Waals surface area (Å²) in [7, 11) is 0. The van der Waals surface area contributed by atoms with Crippen LogP contribution in [0.25, 0.3) is 0 Å². The van der Waals surface area contributed by atoms with Gasteiger partial charge in [0.2, 0.25) is 0 Å². The molecule has 1 aromatic rings. The van der Waals surface area contributed by atoms with Crippen molar-refractivity contribution in [1.82, 2.24) is 5.32 Å². The first kappa shape index (κ1) is 14.6. The van der Waals surface area contributed by atoms with Gasteiger partial charge in [0.1, 0.15) is 0 Å². The Morgan fingerprint density at radius 3 is 2.85 bits per heavy atom. The fourth-order valence-corrected chi connectivity index (χ4v) is 2.37. The zero-order valence-electron chi connectivity index (χ0n) is 12.1.